The molecule has 0 aliphatic rings. The molecule has 0 amide bonds. The average molecular weight is 276 g/mol. The SMILES string of the molecule is CCc1ccc(/C(=N/O)c2ccc(Cl)cc2)c(O)c1. The van der Waals surface area contributed by atoms with Gasteiger partial charge in [-0.25, -0.2) is 0 Å². The zero-order valence-corrected chi connectivity index (χ0v) is 11.2. The zero-order valence-electron chi connectivity index (χ0n) is 10.5. The largest absolute Gasteiger partial charge is 0.507 e. The second-order valence-electron chi connectivity index (χ2n) is 4.16. The van der Waals surface area contributed by atoms with Gasteiger partial charge in [-0.15, -0.1) is 0 Å². The van der Waals surface area contributed by atoms with Crippen molar-refractivity contribution in [3.63, 3.8) is 0 Å². The van der Waals surface area contributed by atoms with E-state index in [2.05, 4.69) is 5.16 Å². The Morgan fingerprint density at radius 1 is 1.16 bits per heavy atom. The number of phenols is 1. The van der Waals surface area contributed by atoms with E-state index in [1.807, 2.05) is 13.0 Å². The van der Waals surface area contributed by atoms with Crippen molar-refractivity contribution in [2.75, 3.05) is 0 Å². The molecule has 0 saturated carbocycles. The van der Waals surface area contributed by atoms with E-state index in [9.17, 15) is 10.3 Å². The standard InChI is InChI=1S/C15H14ClNO2/c1-2-10-3-8-13(14(18)9-10)15(17-19)11-4-6-12(16)7-5-11/h3-9,18-19H,2H2,1H3/b17-15+. The van der Waals surface area contributed by atoms with Crippen LogP contribution >= 0.6 is 11.6 Å². The van der Waals surface area contributed by atoms with E-state index in [0.717, 1.165) is 12.0 Å². The number of aromatic hydroxyl groups is 1. The smallest absolute Gasteiger partial charge is 0.125 e. The number of halogens is 1. The van der Waals surface area contributed by atoms with E-state index in [1.54, 1.807) is 36.4 Å². The fourth-order valence-corrected chi connectivity index (χ4v) is 2.00. The van der Waals surface area contributed by atoms with E-state index in [1.165, 1.54) is 0 Å². The van der Waals surface area contributed by atoms with Crippen molar-refractivity contribution in [3.05, 3.63) is 64.2 Å². The van der Waals surface area contributed by atoms with Gasteiger partial charge < -0.3 is 10.3 Å². The average Bonchev–Trinajstić information content (AvgIpc) is 2.43. The van der Waals surface area contributed by atoms with Crippen LogP contribution < -0.4 is 0 Å². The van der Waals surface area contributed by atoms with Gasteiger partial charge in [-0.3, -0.25) is 0 Å². The molecule has 0 saturated heterocycles. The molecule has 0 aromatic heterocycles. The van der Waals surface area contributed by atoms with Crippen molar-refractivity contribution >= 4 is 17.3 Å². The normalized spacial score (nSPS) is 11.6. The summed E-state index contributed by atoms with van der Waals surface area (Å²) in [5.41, 5.74) is 2.51. The summed E-state index contributed by atoms with van der Waals surface area (Å²) in [7, 11) is 0. The second kappa shape index (κ2) is 5.76. The van der Waals surface area contributed by atoms with Crippen LogP contribution in [-0.4, -0.2) is 16.0 Å². The molecular weight excluding hydrogens is 262 g/mol. The first-order valence-electron chi connectivity index (χ1n) is 5.96. The lowest BCUT2D eigenvalue weighted by Gasteiger charge is -2.08. The number of rotatable bonds is 3. The Labute approximate surface area is 116 Å². The number of oxime groups is 1. The van der Waals surface area contributed by atoms with Crippen LogP contribution in [0.2, 0.25) is 5.02 Å². The topological polar surface area (TPSA) is 52.8 Å². The lowest BCUT2D eigenvalue weighted by atomic mass is 9.99. The number of phenolic OH excluding ortho intramolecular Hbond substituents is 1. The maximum absolute atomic E-state index is 10.0. The molecule has 0 heterocycles. The maximum atomic E-state index is 10.0. The highest BCUT2D eigenvalue weighted by Gasteiger charge is 2.12. The van der Waals surface area contributed by atoms with Crippen molar-refractivity contribution in [3.8, 4) is 5.75 Å². The molecule has 0 unspecified atom stereocenters. The Balaban J connectivity index is 2.46. The van der Waals surface area contributed by atoms with E-state index >= 15 is 0 Å². The van der Waals surface area contributed by atoms with Crippen molar-refractivity contribution < 1.29 is 10.3 Å². The first kappa shape index (κ1) is 13.4. The van der Waals surface area contributed by atoms with Crippen LogP contribution in [0.5, 0.6) is 5.75 Å². The van der Waals surface area contributed by atoms with Crippen molar-refractivity contribution in [1.82, 2.24) is 0 Å². The van der Waals surface area contributed by atoms with E-state index in [-0.39, 0.29) is 5.75 Å². The van der Waals surface area contributed by atoms with E-state index in [0.29, 0.717) is 21.9 Å². The van der Waals surface area contributed by atoms with Gasteiger partial charge in [0.25, 0.3) is 0 Å². The number of hydrogen-bond donors (Lipinski definition) is 2. The first-order chi connectivity index (χ1) is 9.15. The van der Waals surface area contributed by atoms with Gasteiger partial charge in [-0.2, -0.15) is 0 Å². The van der Waals surface area contributed by atoms with E-state index in [4.69, 9.17) is 11.6 Å². The van der Waals surface area contributed by atoms with Gasteiger partial charge in [0.2, 0.25) is 0 Å². The number of nitrogens with zero attached hydrogens (tertiary/aromatic N) is 1. The van der Waals surface area contributed by atoms with Gasteiger partial charge in [0.05, 0.1) is 0 Å². The minimum absolute atomic E-state index is 0.0992. The molecule has 0 bridgehead atoms. The highest BCUT2D eigenvalue weighted by Crippen LogP contribution is 2.23. The van der Waals surface area contributed by atoms with Crippen LogP contribution in [0.15, 0.2) is 47.6 Å². The van der Waals surface area contributed by atoms with Crippen molar-refractivity contribution in [2.45, 2.75) is 13.3 Å². The molecule has 0 radical (unpaired) electrons. The summed E-state index contributed by atoms with van der Waals surface area (Å²) in [6.07, 6.45) is 0.834. The van der Waals surface area contributed by atoms with Crippen LogP contribution in [0.25, 0.3) is 0 Å². The van der Waals surface area contributed by atoms with Gasteiger partial charge in [-0.05, 0) is 36.2 Å². The fraction of sp³-hybridized carbons (Fsp3) is 0.133. The van der Waals surface area contributed by atoms with Crippen LogP contribution in [-0.2, 0) is 6.42 Å². The summed E-state index contributed by atoms with van der Waals surface area (Å²) in [5, 5.41) is 23.1. The maximum Gasteiger partial charge on any atom is 0.125 e. The summed E-state index contributed by atoms with van der Waals surface area (Å²) in [5.74, 6) is 0.0992. The molecule has 98 valence electrons. The molecule has 0 atom stereocenters. The zero-order chi connectivity index (χ0) is 13.8. The lowest BCUT2D eigenvalue weighted by Crippen LogP contribution is -2.04. The molecule has 2 aromatic carbocycles. The third-order valence-electron chi connectivity index (χ3n) is 2.94. The predicted octanol–water partition coefficient (Wildman–Crippen LogP) is 3.83. The summed E-state index contributed by atoms with van der Waals surface area (Å²) >= 11 is 5.82. The van der Waals surface area contributed by atoms with Crippen molar-refractivity contribution in [2.24, 2.45) is 5.16 Å². The minimum Gasteiger partial charge on any atom is -0.507 e. The van der Waals surface area contributed by atoms with Gasteiger partial charge in [-0.1, -0.05) is 41.9 Å². The molecule has 2 N–H and O–H groups in total. The third kappa shape index (κ3) is 2.88. The molecule has 0 aliphatic carbocycles. The minimum atomic E-state index is 0.0992. The predicted molar refractivity (Wildman–Crippen MR) is 76.4 cm³/mol. The second-order valence-corrected chi connectivity index (χ2v) is 4.60. The Bertz CT molecular complexity index is 606. The summed E-state index contributed by atoms with van der Waals surface area (Å²) in [6, 6.07) is 12.2. The molecule has 2 aromatic rings. The molecule has 0 spiro atoms. The van der Waals surface area contributed by atoms with Crippen LogP contribution in [0, 0.1) is 0 Å². The summed E-state index contributed by atoms with van der Waals surface area (Å²) < 4.78 is 0. The van der Waals surface area contributed by atoms with Crippen LogP contribution in [0.3, 0.4) is 0 Å². The Kier molecular flexibility index (Phi) is 4.07. The Morgan fingerprint density at radius 3 is 2.37 bits per heavy atom. The summed E-state index contributed by atoms with van der Waals surface area (Å²) in [4.78, 5) is 0. The molecule has 0 aliphatic heterocycles. The first-order valence-corrected chi connectivity index (χ1v) is 6.33. The molecule has 19 heavy (non-hydrogen) atoms. The number of aryl methyl sites for hydroxylation is 1. The quantitative estimate of drug-likeness (QED) is 0.508. The highest BCUT2D eigenvalue weighted by molar-refractivity contribution is 6.30. The lowest BCUT2D eigenvalue weighted by molar-refractivity contribution is 0.319. The van der Waals surface area contributed by atoms with Gasteiger partial charge in [0.1, 0.15) is 11.5 Å². The molecule has 0 fully saturated rings. The summed E-state index contributed by atoms with van der Waals surface area (Å²) in [6.45, 7) is 2.01. The monoisotopic (exact) mass is 275 g/mol. The molecule has 3 nitrogen and oxygen atoms in total. The Hall–Kier alpha value is -2.00. The molecule has 2 rings (SSSR count). The van der Waals surface area contributed by atoms with Crippen LogP contribution in [0.1, 0.15) is 23.6 Å². The molecular formula is C15H14ClNO2. The van der Waals surface area contributed by atoms with Crippen molar-refractivity contribution in [1.29, 1.82) is 0 Å². The molecule has 4 heteroatoms. The highest BCUT2D eigenvalue weighted by atomic mass is 35.5. The van der Waals surface area contributed by atoms with E-state index < -0.39 is 0 Å². The third-order valence-corrected chi connectivity index (χ3v) is 3.20. The Morgan fingerprint density at radius 2 is 1.84 bits per heavy atom. The van der Waals surface area contributed by atoms with Gasteiger partial charge >= 0.3 is 0 Å². The van der Waals surface area contributed by atoms with Crippen LogP contribution in [0.4, 0.5) is 0 Å². The number of hydrogen-bond acceptors (Lipinski definition) is 3. The van der Waals surface area contributed by atoms with Gasteiger partial charge in [0.15, 0.2) is 0 Å². The fourth-order valence-electron chi connectivity index (χ4n) is 1.87. The number of benzene rings is 2. The van der Waals surface area contributed by atoms with Gasteiger partial charge in [0, 0.05) is 16.1 Å².